The van der Waals surface area contributed by atoms with Gasteiger partial charge in [-0.15, -0.1) is 0 Å². The third-order valence-electron chi connectivity index (χ3n) is 3.55. The summed E-state index contributed by atoms with van der Waals surface area (Å²) < 4.78 is 13.7. The largest absolute Gasteiger partial charge is 0.478 e. The second kappa shape index (κ2) is 6.09. The fraction of sp³-hybridized carbons (Fsp3) is 0.500. The maximum atomic E-state index is 13.7. The lowest BCUT2D eigenvalue weighted by atomic mass is 10.1. The van der Waals surface area contributed by atoms with E-state index < -0.39 is 11.8 Å². The highest BCUT2D eigenvalue weighted by Crippen LogP contribution is 2.26. The molecule has 4 N–H and O–H groups in total. The number of halogens is 1. The van der Waals surface area contributed by atoms with Crippen molar-refractivity contribution in [2.45, 2.75) is 25.8 Å². The van der Waals surface area contributed by atoms with Gasteiger partial charge in [0.1, 0.15) is 5.82 Å². The molecule has 6 heteroatoms. The molecule has 0 heterocycles. The number of nitrogens with two attached hydrogens (primary N) is 1. The smallest absolute Gasteiger partial charge is 0.337 e. The van der Waals surface area contributed by atoms with Crippen LogP contribution in [0.4, 0.5) is 15.8 Å². The minimum Gasteiger partial charge on any atom is -0.478 e. The van der Waals surface area contributed by atoms with E-state index in [2.05, 4.69) is 17.1 Å². The van der Waals surface area contributed by atoms with Gasteiger partial charge in [-0.2, -0.15) is 0 Å². The number of carboxylic acids is 1. The van der Waals surface area contributed by atoms with E-state index >= 15 is 0 Å². The van der Waals surface area contributed by atoms with Gasteiger partial charge in [-0.3, -0.25) is 4.90 Å². The average molecular weight is 281 g/mol. The highest BCUT2D eigenvalue weighted by Gasteiger charge is 2.27. The van der Waals surface area contributed by atoms with Crippen LogP contribution in [0.25, 0.3) is 0 Å². The first kappa shape index (κ1) is 14.6. The van der Waals surface area contributed by atoms with Crippen LogP contribution in [0.15, 0.2) is 12.1 Å². The zero-order valence-corrected chi connectivity index (χ0v) is 11.5. The summed E-state index contributed by atoms with van der Waals surface area (Å²) in [6, 6.07) is 2.96. The maximum absolute atomic E-state index is 13.7. The molecule has 1 aliphatic carbocycles. The Morgan fingerprint density at radius 2 is 2.25 bits per heavy atom. The minimum atomic E-state index is -1.15. The lowest BCUT2D eigenvalue weighted by molar-refractivity contribution is 0.0698. The van der Waals surface area contributed by atoms with Crippen LogP contribution in [0.3, 0.4) is 0 Å². The monoisotopic (exact) mass is 281 g/mol. The molecule has 0 spiro atoms. The number of hydrogen-bond acceptors (Lipinski definition) is 4. The Labute approximate surface area is 117 Å². The van der Waals surface area contributed by atoms with Gasteiger partial charge in [0.2, 0.25) is 0 Å². The van der Waals surface area contributed by atoms with E-state index in [1.807, 2.05) is 0 Å². The SMILES string of the molecule is CCN(CCNc1cc(C(=O)O)c(N)cc1F)C1CC1. The number of benzene rings is 1. The first-order valence-electron chi connectivity index (χ1n) is 6.83. The van der Waals surface area contributed by atoms with Crippen molar-refractivity contribution in [1.29, 1.82) is 0 Å². The molecule has 0 atom stereocenters. The fourth-order valence-corrected chi connectivity index (χ4v) is 2.28. The summed E-state index contributed by atoms with van der Waals surface area (Å²) in [5.74, 6) is -1.68. The molecule has 20 heavy (non-hydrogen) atoms. The standard InChI is InChI=1S/C14H20FN3O2/c1-2-18(9-3-4-9)6-5-17-13-7-10(14(19)20)12(16)8-11(13)15/h7-9,17H,2-6,16H2,1H3,(H,19,20). The molecule has 0 bridgehead atoms. The summed E-state index contributed by atoms with van der Waals surface area (Å²) in [7, 11) is 0. The average Bonchev–Trinajstić information content (AvgIpc) is 3.20. The summed E-state index contributed by atoms with van der Waals surface area (Å²) in [5.41, 5.74) is 5.52. The Morgan fingerprint density at radius 3 is 2.80 bits per heavy atom. The highest BCUT2D eigenvalue weighted by atomic mass is 19.1. The lowest BCUT2D eigenvalue weighted by Gasteiger charge is -2.20. The minimum absolute atomic E-state index is 0.0614. The molecule has 0 amide bonds. The van der Waals surface area contributed by atoms with E-state index in [0.29, 0.717) is 12.6 Å². The molecule has 0 unspecified atom stereocenters. The van der Waals surface area contributed by atoms with Crippen molar-refractivity contribution >= 4 is 17.3 Å². The predicted octanol–water partition coefficient (Wildman–Crippen LogP) is 2.00. The van der Waals surface area contributed by atoms with Crippen LogP contribution in [-0.2, 0) is 0 Å². The van der Waals surface area contributed by atoms with E-state index in [9.17, 15) is 9.18 Å². The summed E-state index contributed by atoms with van der Waals surface area (Å²) in [6.07, 6.45) is 2.46. The van der Waals surface area contributed by atoms with Gasteiger partial charge in [-0.1, -0.05) is 6.92 Å². The number of aromatic carboxylic acids is 1. The van der Waals surface area contributed by atoms with Crippen molar-refractivity contribution in [3.8, 4) is 0 Å². The fourth-order valence-electron chi connectivity index (χ4n) is 2.28. The number of nitrogens with one attached hydrogen (secondary N) is 1. The van der Waals surface area contributed by atoms with Crippen molar-refractivity contribution in [2.24, 2.45) is 0 Å². The van der Waals surface area contributed by atoms with Crippen LogP contribution >= 0.6 is 0 Å². The zero-order chi connectivity index (χ0) is 14.7. The van der Waals surface area contributed by atoms with Gasteiger partial charge in [-0.05, 0) is 31.5 Å². The molecule has 1 aromatic carbocycles. The molecule has 110 valence electrons. The Hall–Kier alpha value is -1.82. The van der Waals surface area contributed by atoms with Gasteiger partial charge in [-0.25, -0.2) is 9.18 Å². The van der Waals surface area contributed by atoms with Crippen molar-refractivity contribution in [1.82, 2.24) is 4.90 Å². The number of nitrogen functional groups attached to an aromatic ring is 1. The van der Waals surface area contributed by atoms with Crippen LogP contribution in [-0.4, -0.2) is 41.7 Å². The Kier molecular flexibility index (Phi) is 4.44. The highest BCUT2D eigenvalue weighted by molar-refractivity contribution is 5.94. The van der Waals surface area contributed by atoms with E-state index in [4.69, 9.17) is 10.8 Å². The predicted molar refractivity (Wildman–Crippen MR) is 76.5 cm³/mol. The second-order valence-electron chi connectivity index (χ2n) is 5.01. The number of carboxylic acid groups (broad SMARTS) is 1. The van der Waals surface area contributed by atoms with Gasteiger partial charge in [0.05, 0.1) is 11.3 Å². The molecule has 0 aromatic heterocycles. The van der Waals surface area contributed by atoms with Crippen molar-refractivity contribution in [3.05, 3.63) is 23.5 Å². The molecular weight excluding hydrogens is 261 g/mol. The van der Waals surface area contributed by atoms with Crippen molar-refractivity contribution in [2.75, 3.05) is 30.7 Å². The zero-order valence-electron chi connectivity index (χ0n) is 11.5. The Morgan fingerprint density at radius 1 is 1.55 bits per heavy atom. The number of hydrogen-bond donors (Lipinski definition) is 3. The van der Waals surface area contributed by atoms with E-state index in [1.54, 1.807) is 0 Å². The number of nitrogens with zero attached hydrogens (tertiary/aromatic N) is 1. The first-order valence-corrected chi connectivity index (χ1v) is 6.83. The summed E-state index contributed by atoms with van der Waals surface area (Å²) in [5, 5.41) is 11.9. The van der Waals surface area contributed by atoms with Crippen LogP contribution < -0.4 is 11.1 Å². The molecule has 0 radical (unpaired) electrons. The third kappa shape index (κ3) is 3.39. The lowest BCUT2D eigenvalue weighted by Crippen LogP contribution is -2.31. The molecule has 5 nitrogen and oxygen atoms in total. The number of likely N-dealkylation sites (N-methyl/N-ethyl adjacent to an activating group) is 1. The van der Waals surface area contributed by atoms with E-state index in [0.717, 1.165) is 19.2 Å². The molecule has 1 fully saturated rings. The van der Waals surface area contributed by atoms with Crippen LogP contribution in [0.2, 0.25) is 0 Å². The second-order valence-corrected chi connectivity index (χ2v) is 5.01. The maximum Gasteiger partial charge on any atom is 0.337 e. The summed E-state index contributed by atoms with van der Waals surface area (Å²) >= 11 is 0. The van der Waals surface area contributed by atoms with E-state index in [-0.39, 0.29) is 16.9 Å². The molecule has 1 saturated carbocycles. The van der Waals surface area contributed by atoms with Crippen LogP contribution in [0.5, 0.6) is 0 Å². The molecule has 0 aliphatic heterocycles. The third-order valence-corrected chi connectivity index (χ3v) is 3.55. The summed E-state index contributed by atoms with van der Waals surface area (Å²) in [4.78, 5) is 13.3. The Bertz CT molecular complexity index is 503. The van der Waals surface area contributed by atoms with Gasteiger partial charge >= 0.3 is 5.97 Å². The Balaban J connectivity index is 1.98. The molecule has 0 saturated heterocycles. The summed E-state index contributed by atoms with van der Waals surface area (Å²) in [6.45, 7) is 4.46. The van der Waals surface area contributed by atoms with Gasteiger partial charge in [0.15, 0.2) is 0 Å². The van der Waals surface area contributed by atoms with Gasteiger partial charge in [0.25, 0.3) is 0 Å². The topological polar surface area (TPSA) is 78.6 Å². The normalized spacial score (nSPS) is 14.6. The number of carbonyl (C=O) groups is 1. The van der Waals surface area contributed by atoms with Crippen molar-refractivity contribution < 1.29 is 14.3 Å². The van der Waals surface area contributed by atoms with Crippen LogP contribution in [0.1, 0.15) is 30.1 Å². The molecule has 1 aromatic rings. The number of rotatable bonds is 7. The van der Waals surface area contributed by atoms with Gasteiger partial charge < -0.3 is 16.2 Å². The number of anilines is 2. The molecule has 1 aliphatic rings. The quantitative estimate of drug-likeness (QED) is 0.666. The van der Waals surface area contributed by atoms with Crippen LogP contribution in [0, 0.1) is 5.82 Å². The molecule has 2 rings (SSSR count). The van der Waals surface area contributed by atoms with E-state index in [1.165, 1.54) is 18.9 Å². The first-order chi connectivity index (χ1) is 9.52. The van der Waals surface area contributed by atoms with Gasteiger partial charge in [0, 0.05) is 24.8 Å². The molecular formula is C14H20FN3O2. The van der Waals surface area contributed by atoms with Crippen molar-refractivity contribution in [3.63, 3.8) is 0 Å².